The normalized spacial score (nSPS) is 20.9. The monoisotopic (exact) mass is 421 g/mol. The smallest absolute Gasteiger partial charge is 0.245 e. The first-order chi connectivity index (χ1) is 14.6. The van der Waals surface area contributed by atoms with Crippen LogP contribution in [0.3, 0.4) is 0 Å². The highest BCUT2D eigenvalue weighted by molar-refractivity contribution is 8.17. The number of rotatable bonds is 4. The number of hydrogen-bond donors (Lipinski definition) is 0. The number of allylic oxidation sites excluding steroid dienone is 1. The third kappa shape index (κ3) is 3.01. The van der Waals surface area contributed by atoms with E-state index in [1.807, 2.05) is 24.3 Å². The Morgan fingerprint density at radius 2 is 1.87 bits per heavy atom. The van der Waals surface area contributed by atoms with E-state index in [1.165, 1.54) is 15.9 Å². The lowest BCUT2D eigenvalue weighted by molar-refractivity contribution is -0.443. The molecule has 0 aromatic heterocycles. The molecular weight excluding hydrogens is 399 g/mol. The third-order valence-corrected chi connectivity index (χ3v) is 7.45. The van der Waals surface area contributed by atoms with Crippen LogP contribution in [-0.2, 0) is 17.8 Å². The van der Waals surface area contributed by atoms with Gasteiger partial charge in [0.25, 0.3) is 0 Å². The fourth-order valence-electron chi connectivity index (χ4n) is 4.46. The summed E-state index contributed by atoms with van der Waals surface area (Å²) in [5.41, 5.74) is 3.29. The Kier molecular flexibility index (Phi) is 4.82. The zero-order valence-electron chi connectivity index (χ0n) is 16.7. The molecule has 0 spiro atoms. The molecule has 0 radical (unpaired) electrons. The van der Waals surface area contributed by atoms with Crippen molar-refractivity contribution in [3.8, 4) is 0 Å². The Labute approximate surface area is 179 Å². The van der Waals surface area contributed by atoms with E-state index < -0.39 is 11.9 Å². The van der Waals surface area contributed by atoms with Gasteiger partial charge in [-0.3, -0.25) is 0 Å². The average Bonchev–Trinajstić information content (AvgIpc) is 3.34. The van der Waals surface area contributed by atoms with Gasteiger partial charge in [0.15, 0.2) is 11.0 Å². The highest BCUT2D eigenvalue weighted by Crippen LogP contribution is 2.49. The maximum absolute atomic E-state index is 14.4. The topological polar surface area (TPSA) is 40.4 Å². The number of carbonyl (C=O) groups is 2. The molecule has 1 aliphatic carbocycles. The molecule has 2 aromatic carbocycles. The summed E-state index contributed by atoms with van der Waals surface area (Å²) in [5, 5.41) is 0.736. The van der Waals surface area contributed by atoms with Crippen molar-refractivity contribution in [1.82, 2.24) is 0 Å². The second kappa shape index (κ2) is 7.51. The lowest BCUT2D eigenvalue weighted by Crippen LogP contribution is -2.53. The number of thioether (sulfide) groups is 1. The number of imide groups is 1. The first-order valence-electron chi connectivity index (χ1n) is 10.3. The molecule has 0 fully saturated rings. The minimum Gasteiger partial charge on any atom is -0.245 e. The number of anilines is 1. The first-order valence-corrected chi connectivity index (χ1v) is 11.1. The number of aryl methyl sites for hydroxylation is 1. The van der Waals surface area contributed by atoms with E-state index in [2.05, 4.69) is 6.92 Å². The third-order valence-electron chi connectivity index (χ3n) is 6.08. The Morgan fingerprint density at radius 3 is 2.60 bits per heavy atom. The van der Waals surface area contributed by atoms with Crippen molar-refractivity contribution in [3.05, 3.63) is 76.0 Å². The van der Waals surface area contributed by atoms with Gasteiger partial charge < -0.3 is 0 Å². The van der Waals surface area contributed by atoms with Gasteiger partial charge in [0.05, 0.1) is 0 Å². The Balaban J connectivity index is 1.61. The van der Waals surface area contributed by atoms with E-state index in [-0.39, 0.29) is 18.3 Å². The summed E-state index contributed by atoms with van der Waals surface area (Å²) in [6, 6.07) is 13.6. The van der Waals surface area contributed by atoms with Gasteiger partial charge in [-0.05, 0) is 59.9 Å². The van der Waals surface area contributed by atoms with Crippen molar-refractivity contribution in [2.75, 3.05) is 4.90 Å². The Hall–Kier alpha value is -2.73. The van der Waals surface area contributed by atoms with Gasteiger partial charge in [0.2, 0.25) is 0 Å². The van der Waals surface area contributed by atoms with Crippen LogP contribution in [0.1, 0.15) is 37.3 Å². The van der Waals surface area contributed by atoms with Crippen molar-refractivity contribution in [1.29, 1.82) is 0 Å². The van der Waals surface area contributed by atoms with E-state index in [9.17, 15) is 14.0 Å². The van der Waals surface area contributed by atoms with Crippen LogP contribution in [0.4, 0.5) is 14.9 Å². The minimum absolute atomic E-state index is 0.113. The molecule has 4 nitrogen and oxygen atoms in total. The molecule has 2 heterocycles. The molecule has 0 saturated heterocycles. The molecule has 0 bridgehead atoms. The minimum atomic E-state index is -0.428. The zero-order chi connectivity index (χ0) is 20.8. The van der Waals surface area contributed by atoms with Gasteiger partial charge in [0, 0.05) is 5.56 Å². The average molecular weight is 422 g/mol. The molecule has 3 amide bonds. The molecule has 1 atom stereocenters. The predicted molar refractivity (Wildman–Crippen MR) is 116 cm³/mol. The predicted octanol–water partition coefficient (Wildman–Crippen LogP) is 5.27. The SMILES string of the molecule is CCc1ccc(N2C(=O)C3C4=C(CCC4)SC3=[N+](Cc3ccccc3F)C2=O)cc1. The number of benzene rings is 2. The van der Waals surface area contributed by atoms with Gasteiger partial charge in [-0.15, -0.1) is 4.90 Å². The van der Waals surface area contributed by atoms with Gasteiger partial charge in [-0.2, -0.15) is 9.37 Å². The fraction of sp³-hybridized carbons (Fsp3) is 0.292. The van der Waals surface area contributed by atoms with E-state index >= 15 is 0 Å². The summed E-state index contributed by atoms with van der Waals surface area (Å²) in [5.74, 6) is -0.965. The number of nitrogens with zero attached hydrogens (tertiary/aromatic N) is 2. The maximum atomic E-state index is 14.4. The molecule has 0 saturated carbocycles. The highest BCUT2D eigenvalue weighted by Gasteiger charge is 2.54. The lowest BCUT2D eigenvalue weighted by atomic mass is 9.96. The summed E-state index contributed by atoms with van der Waals surface area (Å²) in [4.78, 5) is 29.5. The van der Waals surface area contributed by atoms with Crippen LogP contribution in [0.25, 0.3) is 0 Å². The molecule has 2 aliphatic heterocycles. The maximum Gasteiger partial charge on any atom is 0.506 e. The number of fused-ring (bicyclic) bond motifs is 2. The van der Waals surface area contributed by atoms with Crippen LogP contribution in [0, 0.1) is 11.7 Å². The molecule has 3 aliphatic rings. The van der Waals surface area contributed by atoms with Crippen molar-refractivity contribution >= 4 is 34.4 Å². The molecule has 2 aromatic rings. The largest absolute Gasteiger partial charge is 0.506 e. The summed E-state index contributed by atoms with van der Waals surface area (Å²) in [6.45, 7) is 2.18. The number of urea groups is 1. The van der Waals surface area contributed by atoms with E-state index in [0.29, 0.717) is 11.3 Å². The molecule has 1 unspecified atom stereocenters. The molecule has 30 heavy (non-hydrogen) atoms. The van der Waals surface area contributed by atoms with Crippen LogP contribution in [-0.4, -0.2) is 21.6 Å². The summed E-state index contributed by atoms with van der Waals surface area (Å²) < 4.78 is 16.0. The van der Waals surface area contributed by atoms with Crippen molar-refractivity contribution in [3.63, 3.8) is 0 Å². The van der Waals surface area contributed by atoms with Crippen molar-refractivity contribution in [2.24, 2.45) is 5.92 Å². The number of halogens is 1. The highest BCUT2D eigenvalue weighted by atomic mass is 32.2. The Bertz CT molecular complexity index is 1120. The summed E-state index contributed by atoms with van der Waals surface area (Å²) >= 11 is 1.54. The fourth-order valence-corrected chi connectivity index (χ4v) is 5.92. The van der Waals surface area contributed by atoms with Crippen molar-refractivity contribution < 1.29 is 18.6 Å². The quantitative estimate of drug-likeness (QED) is 0.632. The van der Waals surface area contributed by atoms with E-state index in [4.69, 9.17) is 0 Å². The van der Waals surface area contributed by atoms with Gasteiger partial charge in [-0.25, -0.2) is 9.18 Å². The van der Waals surface area contributed by atoms with E-state index in [1.54, 1.807) is 34.5 Å². The molecule has 6 heteroatoms. The Morgan fingerprint density at radius 1 is 1.10 bits per heavy atom. The summed E-state index contributed by atoms with van der Waals surface area (Å²) in [7, 11) is 0. The lowest BCUT2D eigenvalue weighted by Gasteiger charge is -2.26. The molecular formula is C24H22FN2O2S+. The molecule has 5 rings (SSSR count). The number of carbonyl (C=O) groups excluding carboxylic acids is 2. The van der Waals surface area contributed by atoms with Crippen LogP contribution >= 0.6 is 11.8 Å². The standard InChI is InChI=1S/C24H22FN2O2S/c1-2-15-10-12-17(13-11-15)27-22(28)21-18-7-5-9-20(18)30-23(21)26(24(27)29)14-16-6-3-4-8-19(16)25/h3-4,6,8,10-13,21H,2,5,7,9,14H2,1H3/q+1. The second-order valence-electron chi connectivity index (χ2n) is 7.83. The van der Waals surface area contributed by atoms with Gasteiger partial charge in [-0.1, -0.05) is 49.0 Å². The van der Waals surface area contributed by atoms with Crippen molar-refractivity contribution in [2.45, 2.75) is 39.2 Å². The van der Waals surface area contributed by atoms with Crippen LogP contribution < -0.4 is 4.90 Å². The van der Waals surface area contributed by atoms with Gasteiger partial charge >= 0.3 is 11.9 Å². The zero-order valence-corrected chi connectivity index (χ0v) is 17.5. The van der Waals surface area contributed by atoms with Gasteiger partial charge in [0.1, 0.15) is 18.0 Å². The summed E-state index contributed by atoms with van der Waals surface area (Å²) in [6.07, 6.45) is 3.75. The van der Waals surface area contributed by atoms with Crippen LogP contribution in [0.5, 0.6) is 0 Å². The van der Waals surface area contributed by atoms with Crippen LogP contribution in [0.2, 0.25) is 0 Å². The number of amides is 3. The van der Waals surface area contributed by atoms with E-state index in [0.717, 1.165) is 41.9 Å². The molecule has 152 valence electrons. The van der Waals surface area contributed by atoms with Crippen LogP contribution in [0.15, 0.2) is 59.0 Å². The first kappa shape index (κ1) is 19.2. The molecule has 0 N–H and O–H groups in total. The number of hydrogen-bond acceptors (Lipinski definition) is 3. The second-order valence-corrected chi connectivity index (χ2v) is 8.94.